The highest BCUT2D eigenvalue weighted by molar-refractivity contribution is 5.18. The fourth-order valence-corrected chi connectivity index (χ4v) is 2.36. The molecule has 3 nitrogen and oxygen atoms in total. The second kappa shape index (κ2) is 7.99. The van der Waals surface area contributed by atoms with Gasteiger partial charge in [-0.3, -0.25) is 4.98 Å². The number of rotatable bonds is 8. The van der Waals surface area contributed by atoms with Gasteiger partial charge in [-0.25, -0.2) is 0 Å². The van der Waals surface area contributed by atoms with E-state index in [9.17, 15) is 0 Å². The third-order valence-corrected chi connectivity index (χ3v) is 3.72. The van der Waals surface area contributed by atoms with Crippen molar-refractivity contribution in [2.45, 2.75) is 52.5 Å². The molecule has 3 heteroatoms. The van der Waals surface area contributed by atoms with E-state index < -0.39 is 0 Å². The summed E-state index contributed by atoms with van der Waals surface area (Å²) in [5, 5.41) is 3.57. The highest BCUT2D eigenvalue weighted by Crippen LogP contribution is 2.21. The molecule has 0 saturated carbocycles. The van der Waals surface area contributed by atoms with Crippen LogP contribution in [0.2, 0.25) is 0 Å². The second-order valence-corrected chi connectivity index (χ2v) is 5.38. The summed E-state index contributed by atoms with van der Waals surface area (Å²) in [6, 6.07) is 8.66. The first-order valence-electron chi connectivity index (χ1n) is 8.02. The van der Waals surface area contributed by atoms with Gasteiger partial charge in [0.1, 0.15) is 11.5 Å². The smallest absolute Gasteiger partial charge is 0.121 e. The Balaban J connectivity index is 2.10. The van der Waals surface area contributed by atoms with Crippen molar-refractivity contribution in [3.8, 4) is 0 Å². The average molecular weight is 286 g/mol. The van der Waals surface area contributed by atoms with Crippen molar-refractivity contribution in [1.29, 1.82) is 0 Å². The van der Waals surface area contributed by atoms with Crippen LogP contribution in [0.4, 0.5) is 0 Å². The van der Waals surface area contributed by atoms with Crippen LogP contribution in [0.5, 0.6) is 0 Å². The molecule has 21 heavy (non-hydrogen) atoms. The number of hydrogen-bond acceptors (Lipinski definition) is 3. The molecule has 0 saturated heterocycles. The first-order chi connectivity index (χ1) is 10.3. The largest absolute Gasteiger partial charge is 0.464 e. The lowest BCUT2D eigenvalue weighted by Gasteiger charge is -2.16. The number of nitrogens with one attached hydrogen (secondary N) is 1. The van der Waals surface area contributed by atoms with Crippen molar-refractivity contribution in [3.63, 3.8) is 0 Å². The van der Waals surface area contributed by atoms with Crippen LogP contribution < -0.4 is 5.32 Å². The minimum absolute atomic E-state index is 0.199. The Bertz CT molecular complexity index is 530. The molecule has 0 aliphatic heterocycles. The first kappa shape index (κ1) is 15.8. The molecule has 2 aromatic heterocycles. The molecule has 2 heterocycles. The van der Waals surface area contributed by atoms with Crippen LogP contribution in [0.25, 0.3) is 0 Å². The quantitative estimate of drug-likeness (QED) is 0.794. The fourth-order valence-electron chi connectivity index (χ4n) is 2.36. The van der Waals surface area contributed by atoms with Crippen LogP contribution in [0.15, 0.2) is 34.9 Å². The fraction of sp³-hybridized carbons (Fsp3) is 0.500. The lowest BCUT2D eigenvalue weighted by atomic mass is 10.1. The number of furan rings is 1. The van der Waals surface area contributed by atoms with Crippen LogP contribution in [-0.2, 0) is 19.3 Å². The van der Waals surface area contributed by atoms with Gasteiger partial charge in [-0.2, -0.15) is 0 Å². The summed E-state index contributed by atoms with van der Waals surface area (Å²) in [4.78, 5) is 4.57. The molecule has 1 unspecified atom stereocenters. The number of aryl methyl sites for hydroxylation is 2. The minimum Gasteiger partial charge on any atom is -0.464 e. The molecule has 1 N–H and O–H groups in total. The maximum absolute atomic E-state index is 5.92. The van der Waals surface area contributed by atoms with Crippen LogP contribution in [0, 0.1) is 0 Å². The van der Waals surface area contributed by atoms with Gasteiger partial charge in [0, 0.05) is 24.7 Å². The van der Waals surface area contributed by atoms with Crippen LogP contribution >= 0.6 is 0 Å². The molecule has 0 aromatic carbocycles. The van der Waals surface area contributed by atoms with E-state index >= 15 is 0 Å². The Morgan fingerprint density at radius 2 is 1.95 bits per heavy atom. The third-order valence-electron chi connectivity index (χ3n) is 3.72. The zero-order valence-corrected chi connectivity index (χ0v) is 13.4. The molecule has 0 aliphatic carbocycles. The molecule has 2 aromatic rings. The summed E-state index contributed by atoms with van der Waals surface area (Å²) in [6.45, 7) is 7.43. The van der Waals surface area contributed by atoms with Crippen molar-refractivity contribution in [1.82, 2.24) is 10.3 Å². The summed E-state index contributed by atoms with van der Waals surface area (Å²) in [7, 11) is 0. The van der Waals surface area contributed by atoms with E-state index in [0.29, 0.717) is 0 Å². The maximum atomic E-state index is 5.92. The normalized spacial score (nSPS) is 12.5. The SMILES string of the molecule is CCCNC(Cc1ccc(CC)cn1)c1ccc(CC)o1. The van der Waals surface area contributed by atoms with Gasteiger partial charge in [0.05, 0.1) is 6.04 Å². The lowest BCUT2D eigenvalue weighted by molar-refractivity contribution is 0.390. The Morgan fingerprint density at radius 1 is 1.10 bits per heavy atom. The zero-order valence-electron chi connectivity index (χ0n) is 13.4. The van der Waals surface area contributed by atoms with Crippen molar-refractivity contribution >= 4 is 0 Å². The van der Waals surface area contributed by atoms with Gasteiger partial charge < -0.3 is 9.73 Å². The third kappa shape index (κ3) is 4.43. The van der Waals surface area contributed by atoms with Gasteiger partial charge in [0.15, 0.2) is 0 Å². The molecule has 1 atom stereocenters. The summed E-state index contributed by atoms with van der Waals surface area (Å²) >= 11 is 0. The minimum atomic E-state index is 0.199. The van der Waals surface area contributed by atoms with E-state index in [4.69, 9.17) is 4.42 Å². The van der Waals surface area contributed by atoms with Crippen molar-refractivity contribution < 1.29 is 4.42 Å². The van der Waals surface area contributed by atoms with E-state index in [1.54, 1.807) is 0 Å². The van der Waals surface area contributed by atoms with Crippen LogP contribution in [0.1, 0.15) is 56.0 Å². The molecular formula is C18H26N2O. The van der Waals surface area contributed by atoms with Gasteiger partial charge in [-0.15, -0.1) is 0 Å². The van der Waals surface area contributed by atoms with Gasteiger partial charge in [-0.05, 0) is 43.1 Å². The predicted octanol–water partition coefficient (Wildman–Crippen LogP) is 4.08. The van der Waals surface area contributed by atoms with Crippen molar-refractivity contribution in [2.75, 3.05) is 6.54 Å². The van der Waals surface area contributed by atoms with Crippen LogP contribution in [0.3, 0.4) is 0 Å². The topological polar surface area (TPSA) is 38.1 Å². The molecule has 0 bridgehead atoms. The lowest BCUT2D eigenvalue weighted by Crippen LogP contribution is -2.24. The van der Waals surface area contributed by atoms with Gasteiger partial charge in [0.25, 0.3) is 0 Å². The van der Waals surface area contributed by atoms with Crippen molar-refractivity contribution in [3.05, 3.63) is 53.2 Å². The predicted molar refractivity (Wildman–Crippen MR) is 86.4 cm³/mol. The Morgan fingerprint density at radius 3 is 2.52 bits per heavy atom. The average Bonchev–Trinajstić information content (AvgIpc) is 3.01. The molecule has 0 radical (unpaired) electrons. The molecule has 2 rings (SSSR count). The monoisotopic (exact) mass is 286 g/mol. The van der Waals surface area contributed by atoms with E-state index in [1.807, 2.05) is 6.20 Å². The van der Waals surface area contributed by atoms with Crippen molar-refractivity contribution in [2.24, 2.45) is 0 Å². The number of pyridine rings is 1. The Kier molecular flexibility index (Phi) is 6.00. The zero-order chi connectivity index (χ0) is 15.1. The molecular weight excluding hydrogens is 260 g/mol. The molecule has 0 spiro atoms. The first-order valence-corrected chi connectivity index (χ1v) is 8.02. The van der Waals surface area contributed by atoms with Gasteiger partial charge in [0.2, 0.25) is 0 Å². The standard InChI is InChI=1S/C18H26N2O/c1-4-11-19-17(18-10-9-16(6-3)21-18)12-15-8-7-14(5-2)13-20-15/h7-10,13,17,19H,4-6,11-12H2,1-3H3. The van der Waals surface area contributed by atoms with E-state index in [1.165, 1.54) is 5.56 Å². The second-order valence-electron chi connectivity index (χ2n) is 5.38. The van der Waals surface area contributed by atoms with Gasteiger partial charge in [-0.1, -0.05) is 26.8 Å². The number of nitrogens with zero attached hydrogens (tertiary/aromatic N) is 1. The number of hydrogen-bond donors (Lipinski definition) is 1. The highest BCUT2D eigenvalue weighted by Gasteiger charge is 2.16. The summed E-state index contributed by atoms with van der Waals surface area (Å²) in [5.74, 6) is 2.06. The van der Waals surface area contributed by atoms with Crippen LogP contribution in [-0.4, -0.2) is 11.5 Å². The molecule has 0 fully saturated rings. The maximum Gasteiger partial charge on any atom is 0.121 e. The highest BCUT2D eigenvalue weighted by atomic mass is 16.3. The molecule has 114 valence electrons. The summed E-state index contributed by atoms with van der Waals surface area (Å²) < 4.78 is 5.92. The Hall–Kier alpha value is -1.61. The van der Waals surface area contributed by atoms with E-state index in [2.05, 4.69) is 55.3 Å². The summed E-state index contributed by atoms with van der Waals surface area (Å²) in [5.41, 5.74) is 2.39. The van der Waals surface area contributed by atoms with E-state index in [-0.39, 0.29) is 6.04 Å². The molecule has 0 aliphatic rings. The number of aromatic nitrogens is 1. The summed E-state index contributed by atoms with van der Waals surface area (Å²) in [6.07, 6.45) is 5.92. The Labute approximate surface area is 127 Å². The van der Waals surface area contributed by atoms with Gasteiger partial charge >= 0.3 is 0 Å². The molecule has 0 amide bonds. The van der Waals surface area contributed by atoms with E-state index in [0.717, 1.165) is 49.4 Å².